The van der Waals surface area contributed by atoms with E-state index in [-0.39, 0.29) is 16.6 Å². The summed E-state index contributed by atoms with van der Waals surface area (Å²) in [5.74, 6) is -0.0386. The largest absolute Gasteiger partial charge is 0.325 e. The minimum atomic E-state index is -3.75. The minimum absolute atomic E-state index is 0.00340. The number of carbonyl (C=O) groups excluding carboxylic acids is 1. The molecule has 9 heteroatoms. The van der Waals surface area contributed by atoms with Crippen molar-refractivity contribution in [2.75, 3.05) is 11.1 Å². The number of anilines is 1. The van der Waals surface area contributed by atoms with Crippen molar-refractivity contribution in [3.05, 3.63) is 60.8 Å². The Morgan fingerprint density at radius 2 is 1.81 bits per heavy atom. The van der Waals surface area contributed by atoms with E-state index >= 15 is 0 Å². The van der Waals surface area contributed by atoms with Gasteiger partial charge in [0.1, 0.15) is 0 Å². The average Bonchev–Trinajstić information content (AvgIpc) is 3.01. The van der Waals surface area contributed by atoms with Crippen molar-refractivity contribution in [1.82, 2.24) is 9.55 Å². The van der Waals surface area contributed by atoms with Crippen LogP contribution in [0.1, 0.15) is 0 Å². The number of rotatable bonds is 6. The lowest BCUT2D eigenvalue weighted by molar-refractivity contribution is -0.113. The maximum atomic E-state index is 12.1. The molecule has 2 aromatic carbocycles. The van der Waals surface area contributed by atoms with Crippen molar-refractivity contribution in [3.63, 3.8) is 0 Å². The van der Waals surface area contributed by atoms with Gasteiger partial charge in [0.25, 0.3) is 0 Å². The number of thioether (sulfide) groups is 1. The Labute approximate surface area is 161 Å². The first-order valence-corrected chi connectivity index (χ1v) is 10.5. The Hall–Kier alpha value is -2.62. The number of hydrogen-bond acceptors (Lipinski definition) is 5. The summed E-state index contributed by atoms with van der Waals surface area (Å²) in [7, 11) is -1.84. The lowest BCUT2D eigenvalue weighted by atomic mass is 10.2. The molecule has 0 fully saturated rings. The van der Waals surface area contributed by atoms with Gasteiger partial charge in [0.15, 0.2) is 5.16 Å². The topological polar surface area (TPSA) is 107 Å². The van der Waals surface area contributed by atoms with E-state index < -0.39 is 10.0 Å². The van der Waals surface area contributed by atoms with Crippen LogP contribution in [0.3, 0.4) is 0 Å². The molecule has 1 amide bonds. The molecule has 0 saturated heterocycles. The van der Waals surface area contributed by atoms with Crippen LogP contribution in [0.4, 0.5) is 5.69 Å². The number of sulfonamides is 1. The van der Waals surface area contributed by atoms with Crippen molar-refractivity contribution in [1.29, 1.82) is 0 Å². The number of aromatic nitrogens is 2. The number of imidazole rings is 1. The predicted molar refractivity (Wildman–Crippen MR) is 106 cm³/mol. The van der Waals surface area contributed by atoms with E-state index in [0.29, 0.717) is 5.69 Å². The smallest absolute Gasteiger partial charge is 0.238 e. The Morgan fingerprint density at radius 1 is 1.15 bits per heavy atom. The van der Waals surface area contributed by atoms with E-state index in [1.54, 1.807) is 6.20 Å². The van der Waals surface area contributed by atoms with Crippen LogP contribution in [-0.4, -0.2) is 29.6 Å². The molecule has 0 unspecified atom stereocenters. The highest BCUT2D eigenvalue weighted by Gasteiger charge is 2.12. The van der Waals surface area contributed by atoms with Gasteiger partial charge in [-0.25, -0.2) is 18.5 Å². The van der Waals surface area contributed by atoms with Crippen LogP contribution in [0, 0.1) is 0 Å². The summed E-state index contributed by atoms with van der Waals surface area (Å²) in [6, 6.07) is 15.6. The first-order valence-electron chi connectivity index (χ1n) is 7.97. The number of nitrogens with zero attached hydrogens (tertiary/aromatic N) is 2. The number of primary sulfonamides is 1. The number of nitrogens with two attached hydrogens (primary N) is 1. The first kappa shape index (κ1) is 19.2. The van der Waals surface area contributed by atoms with E-state index in [9.17, 15) is 13.2 Å². The molecule has 0 spiro atoms. The normalized spacial score (nSPS) is 11.3. The summed E-state index contributed by atoms with van der Waals surface area (Å²) >= 11 is 1.32. The molecule has 27 heavy (non-hydrogen) atoms. The van der Waals surface area contributed by atoms with E-state index in [1.165, 1.54) is 36.0 Å². The molecule has 140 valence electrons. The molecule has 0 saturated carbocycles. The van der Waals surface area contributed by atoms with Crippen molar-refractivity contribution < 1.29 is 13.2 Å². The van der Waals surface area contributed by atoms with Gasteiger partial charge < -0.3 is 9.88 Å². The van der Waals surface area contributed by atoms with Crippen molar-refractivity contribution >= 4 is 33.4 Å². The van der Waals surface area contributed by atoms with Gasteiger partial charge in [0.2, 0.25) is 15.9 Å². The molecule has 0 aliphatic carbocycles. The second-order valence-electron chi connectivity index (χ2n) is 5.76. The zero-order valence-corrected chi connectivity index (χ0v) is 16.1. The molecule has 0 bridgehead atoms. The fourth-order valence-corrected chi connectivity index (χ4v) is 3.73. The molecule has 0 aliphatic rings. The lowest BCUT2D eigenvalue weighted by Gasteiger charge is -2.07. The van der Waals surface area contributed by atoms with Gasteiger partial charge in [-0.15, -0.1) is 0 Å². The second kappa shape index (κ2) is 7.95. The Morgan fingerprint density at radius 3 is 2.44 bits per heavy atom. The predicted octanol–water partition coefficient (Wildman–Crippen LogP) is 2.47. The Kier molecular flexibility index (Phi) is 5.64. The first-order chi connectivity index (χ1) is 12.8. The molecule has 1 aromatic heterocycles. The van der Waals surface area contributed by atoms with Crippen LogP contribution >= 0.6 is 11.8 Å². The van der Waals surface area contributed by atoms with Crippen LogP contribution in [-0.2, 0) is 21.9 Å². The highest BCUT2D eigenvalue weighted by molar-refractivity contribution is 7.99. The third kappa shape index (κ3) is 4.76. The third-order valence-corrected chi connectivity index (χ3v) is 5.79. The molecular weight excluding hydrogens is 384 g/mol. The average molecular weight is 403 g/mol. The van der Waals surface area contributed by atoms with Gasteiger partial charge in [-0.2, -0.15) is 0 Å². The number of carbonyl (C=O) groups is 1. The van der Waals surface area contributed by atoms with Crippen molar-refractivity contribution in [2.24, 2.45) is 12.2 Å². The zero-order chi connectivity index (χ0) is 19.4. The van der Waals surface area contributed by atoms with Crippen LogP contribution in [0.5, 0.6) is 0 Å². The number of benzene rings is 2. The van der Waals surface area contributed by atoms with Crippen LogP contribution < -0.4 is 10.5 Å². The summed E-state index contributed by atoms with van der Waals surface area (Å²) in [5.41, 5.74) is 2.52. The van der Waals surface area contributed by atoms with E-state index in [1.807, 2.05) is 41.9 Å². The Bertz CT molecular complexity index is 1050. The highest BCUT2D eigenvalue weighted by Crippen LogP contribution is 2.24. The third-order valence-electron chi connectivity index (χ3n) is 3.81. The summed E-state index contributed by atoms with van der Waals surface area (Å²) in [6.45, 7) is 0. The summed E-state index contributed by atoms with van der Waals surface area (Å²) in [6.07, 6.45) is 1.78. The molecule has 0 atom stereocenters. The molecule has 7 nitrogen and oxygen atoms in total. The van der Waals surface area contributed by atoms with Gasteiger partial charge in [0.05, 0.1) is 22.5 Å². The van der Waals surface area contributed by atoms with Gasteiger partial charge in [-0.3, -0.25) is 4.79 Å². The Balaban J connectivity index is 1.61. The van der Waals surface area contributed by atoms with Crippen molar-refractivity contribution in [2.45, 2.75) is 10.1 Å². The fraction of sp³-hybridized carbons (Fsp3) is 0.111. The molecule has 3 N–H and O–H groups in total. The van der Waals surface area contributed by atoms with Gasteiger partial charge in [-0.05, 0) is 29.8 Å². The van der Waals surface area contributed by atoms with E-state index in [4.69, 9.17) is 5.14 Å². The van der Waals surface area contributed by atoms with Crippen molar-refractivity contribution in [3.8, 4) is 11.3 Å². The van der Waals surface area contributed by atoms with Gasteiger partial charge in [-0.1, -0.05) is 42.1 Å². The standard InChI is InChI=1S/C18H18N4O3S2/c1-22-16(13-5-3-2-4-6-13)11-20-18(22)26-12-17(23)21-14-7-9-15(10-8-14)27(19,24)25/h2-11H,12H2,1H3,(H,21,23)(H2,19,24,25). The lowest BCUT2D eigenvalue weighted by Crippen LogP contribution is -2.15. The number of hydrogen-bond donors (Lipinski definition) is 2. The molecule has 0 aliphatic heterocycles. The fourth-order valence-electron chi connectivity index (χ4n) is 2.46. The quantitative estimate of drug-likeness (QED) is 0.616. The molecular formula is C18H18N4O3S2. The number of amides is 1. The number of nitrogens with one attached hydrogen (secondary N) is 1. The second-order valence-corrected chi connectivity index (χ2v) is 8.26. The molecule has 1 heterocycles. The van der Waals surface area contributed by atoms with Gasteiger partial charge in [0, 0.05) is 12.7 Å². The van der Waals surface area contributed by atoms with E-state index in [0.717, 1.165) is 16.4 Å². The van der Waals surface area contributed by atoms with Crippen LogP contribution in [0.2, 0.25) is 0 Å². The minimum Gasteiger partial charge on any atom is -0.325 e. The zero-order valence-electron chi connectivity index (χ0n) is 14.5. The summed E-state index contributed by atoms with van der Waals surface area (Å²) < 4.78 is 24.4. The van der Waals surface area contributed by atoms with Gasteiger partial charge >= 0.3 is 0 Å². The summed E-state index contributed by atoms with van der Waals surface area (Å²) in [4.78, 5) is 16.5. The molecule has 3 aromatic rings. The highest BCUT2D eigenvalue weighted by atomic mass is 32.2. The summed E-state index contributed by atoms with van der Waals surface area (Å²) in [5, 5.41) is 8.50. The molecule has 3 rings (SSSR count). The monoisotopic (exact) mass is 402 g/mol. The maximum absolute atomic E-state index is 12.1. The van der Waals surface area contributed by atoms with Crippen LogP contribution in [0.15, 0.2) is 70.8 Å². The SMILES string of the molecule is Cn1c(-c2ccccc2)cnc1SCC(=O)Nc1ccc(S(N)(=O)=O)cc1. The van der Waals surface area contributed by atoms with Crippen LogP contribution in [0.25, 0.3) is 11.3 Å². The maximum Gasteiger partial charge on any atom is 0.238 e. The van der Waals surface area contributed by atoms with E-state index in [2.05, 4.69) is 10.3 Å². The molecule has 0 radical (unpaired) electrons.